The minimum atomic E-state index is 0.450. The molecule has 0 amide bonds. The third-order valence-electron chi connectivity index (χ3n) is 3.92. The molecule has 0 spiro atoms. The van der Waals surface area contributed by atoms with Crippen molar-refractivity contribution in [2.75, 3.05) is 0 Å². The fourth-order valence-electron chi connectivity index (χ4n) is 2.82. The molecule has 0 fully saturated rings. The highest BCUT2D eigenvalue weighted by molar-refractivity contribution is 7.09. The number of aryl methyl sites for hydroxylation is 2. The number of nitrogens with zero attached hydrogens (tertiary/aromatic N) is 3. The lowest BCUT2D eigenvalue weighted by Crippen LogP contribution is -2.25. The van der Waals surface area contributed by atoms with Gasteiger partial charge in [-0.25, -0.2) is 4.98 Å². The lowest BCUT2D eigenvalue weighted by Gasteiger charge is -2.24. The van der Waals surface area contributed by atoms with Crippen LogP contribution in [0.3, 0.4) is 0 Å². The van der Waals surface area contributed by atoms with E-state index in [0.717, 1.165) is 18.8 Å². The van der Waals surface area contributed by atoms with Crippen LogP contribution < -0.4 is 5.32 Å². The number of rotatable bonds is 4. The molecule has 1 N–H and O–H groups in total. The summed E-state index contributed by atoms with van der Waals surface area (Å²) in [5, 5.41) is 8.17. The molecule has 3 rings (SSSR count). The van der Waals surface area contributed by atoms with Crippen molar-refractivity contribution in [3.63, 3.8) is 0 Å². The molecule has 0 saturated carbocycles. The van der Waals surface area contributed by atoms with Crippen molar-refractivity contribution in [2.24, 2.45) is 0 Å². The minimum absolute atomic E-state index is 0.450. The summed E-state index contributed by atoms with van der Waals surface area (Å²) in [6.07, 6.45) is 5.68. The summed E-state index contributed by atoms with van der Waals surface area (Å²) in [6, 6.07) is 0.450. The molecule has 2 heterocycles. The Hall–Kier alpha value is -1.20. The topological polar surface area (TPSA) is 42.7 Å². The Morgan fingerprint density at radius 2 is 2.42 bits per heavy atom. The Bertz CT molecular complexity index is 558. The van der Waals surface area contributed by atoms with E-state index in [-0.39, 0.29) is 0 Å². The van der Waals surface area contributed by atoms with Crippen molar-refractivity contribution in [2.45, 2.75) is 52.2 Å². The predicted octanol–water partition coefficient (Wildman–Crippen LogP) is 2.84. The highest BCUT2D eigenvalue weighted by Gasteiger charge is 2.23. The van der Waals surface area contributed by atoms with Gasteiger partial charge in [0.25, 0.3) is 0 Å². The van der Waals surface area contributed by atoms with Crippen LogP contribution in [0.15, 0.2) is 11.7 Å². The van der Waals surface area contributed by atoms with E-state index in [1.807, 2.05) is 5.51 Å². The number of aromatic nitrogens is 3. The monoisotopic (exact) mass is 276 g/mol. The number of hydrogen-bond donors (Lipinski definition) is 1. The Labute approximate surface area is 117 Å². The van der Waals surface area contributed by atoms with E-state index in [1.54, 1.807) is 11.3 Å². The van der Waals surface area contributed by atoms with Gasteiger partial charge < -0.3 is 5.32 Å². The van der Waals surface area contributed by atoms with E-state index in [2.05, 4.69) is 40.1 Å². The van der Waals surface area contributed by atoms with Gasteiger partial charge in [0, 0.05) is 35.3 Å². The maximum Gasteiger partial charge on any atom is 0.0798 e. The van der Waals surface area contributed by atoms with Crippen molar-refractivity contribution < 1.29 is 0 Å². The van der Waals surface area contributed by atoms with Crippen molar-refractivity contribution in [3.8, 4) is 0 Å². The van der Waals surface area contributed by atoms with Crippen LogP contribution in [-0.2, 0) is 19.5 Å². The molecule has 0 radical (unpaired) electrons. The van der Waals surface area contributed by atoms with Crippen LogP contribution in [0.5, 0.6) is 0 Å². The zero-order valence-corrected chi connectivity index (χ0v) is 12.3. The van der Waals surface area contributed by atoms with Crippen LogP contribution in [0, 0.1) is 6.92 Å². The zero-order chi connectivity index (χ0) is 13.2. The van der Waals surface area contributed by atoms with E-state index < -0.39 is 0 Å². The second-order valence-electron chi connectivity index (χ2n) is 5.05. The zero-order valence-electron chi connectivity index (χ0n) is 11.5. The van der Waals surface area contributed by atoms with Crippen LogP contribution in [0.2, 0.25) is 0 Å². The molecule has 0 unspecified atom stereocenters. The van der Waals surface area contributed by atoms with Gasteiger partial charge in [-0.3, -0.25) is 4.68 Å². The quantitative estimate of drug-likeness (QED) is 0.933. The van der Waals surface area contributed by atoms with Crippen LogP contribution in [0.1, 0.15) is 47.6 Å². The molecule has 1 aliphatic rings. The summed E-state index contributed by atoms with van der Waals surface area (Å²) in [4.78, 5) is 5.65. The lowest BCUT2D eigenvalue weighted by molar-refractivity contribution is 0.449. The van der Waals surface area contributed by atoms with Gasteiger partial charge in [-0.15, -0.1) is 11.3 Å². The smallest absolute Gasteiger partial charge is 0.0798 e. The molecule has 1 atom stereocenters. The Balaban J connectivity index is 1.73. The van der Waals surface area contributed by atoms with E-state index >= 15 is 0 Å². The fourth-order valence-corrected chi connectivity index (χ4v) is 3.54. The third kappa shape index (κ3) is 2.44. The summed E-state index contributed by atoms with van der Waals surface area (Å²) in [6.45, 7) is 6.12. The first kappa shape index (κ1) is 12.8. The first-order valence-corrected chi connectivity index (χ1v) is 7.84. The molecule has 0 saturated heterocycles. The van der Waals surface area contributed by atoms with Gasteiger partial charge in [0.05, 0.1) is 17.4 Å². The normalized spacial score (nSPS) is 18.5. The van der Waals surface area contributed by atoms with E-state index in [4.69, 9.17) is 0 Å². The van der Waals surface area contributed by atoms with Crippen LogP contribution >= 0.6 is 11.3 Å². The Kier molecular flexibility index (Phi) is 3.66. The van der Waals surface area contributed by atoms with Crippen molar-refractivity contribution >= 4 is 11.3 Å². The minimum Gasteiger partial charge on any atom is -0.305 e. The van der Waals surface area contributed by atoms with Crippen LogP contribution in [0.25, 0.3) is 0 Å². The third-order valence-corrected chi connectivity index (χ3v) is 4.85. The largest absolute Gasteiger partial charge is 0.305 e. The highest BCUT2D eigenvalue weighted by Crippen LogP contribution is 2.30. The predicted molar refractivity (Wildman–Crippen MR) is 77.3 cm³/mol. The molecule has 1 aliphatic carbocycles. The van der Waals surface area contributed by atoms with Gasteiger partial charge >= 0.3 is 0 Å². The fraction of sp³-hybridized carbons (Fsp3) is 0.571. The summed E-state index contributed by atoms with van der Waals surface area (Å²) < 4.78 is 2.14. The van der Waals surface area contributed by atoms with Gasteiger partial charge in [0.15, 0.2) is 0 Å². The summed E-state index contributed by atoms with van der Waals surface area (Å²) >= 11 is 1.73. The van der Waals surface area contributed by atoms with Gasteiger partial charge in [-0.2, -0.15) is 5.10 Å². The number of nitrogens with one attached hydrogen (secondary N) is 1. The molecule has 4 nitrogen and oxygen atoms in total. The molecule has 102 valence electrons. The maximum absolute atomic E-state index is 4.50. The SMILES string of the molecule is CCn1ncc2c1CCC[C@@H]2NCc1scnc1C. The highest BCUT2D eigenvalue weighted by atomic mass is 32.1. The molecule has 0 aromatic carbocycles. The van der Waals surface area contributed by atoms with Crippen LogP contribution in [-0.4, -0.2) is 14.8 Å². The summed E-state index contributed by atoms with van der Waals surface area (Å²) in [5.74, 6) is 0. The standard InChI is InChI=1S/C14H20N4S/c1-3-18-13-6-4-5-12(11(13)7-17-18)15-8-14-10(2)16-9-19-14/h7,9,12,15H,3-6,8H2,1-2H3/t12-/m0/s1. The first-order chi connectivity index (χ1) is 9.29. The van der Waals surface area contributed by atoms with Gasteiger partial charge in [-0.1, -0.05) is 0 Å². The molecule has 2 aromatic heterocycles. The Morgan fingerprint density at radius 3 is 3.16 bits per heavy atom. The number of fused-ring (bicyclic) bond motifs is 1. The van der Waals surface area contributed by atoms with Crippen molar-refractivity contribution in [1.29, 1.82) is 0 Å². The number of hydrogen-bond acceptors (Lipinski definition) is 4. The van der Waals surface area contributed by atoms with E-state index in [0.29, 0.717) is 6.04 Å². The lowest BCUT2D eigenvalue weighted by atomic mass is 9.93. The molecule has 2 aromatic rings. The van der Waals surface area contributed by atoms with Crippen molar-refractivity contribution in [3.05, 3.63) is 33.5 Å². The molecule has 0 bridgehead atoms. The van der Waals surface area contributed by atoms with Gasteiger partial charge in [0.2, 0.25) is 0 Å². The maximum atomic E-state index is 4.50. The molecule has 0 aliphatic heterocycles. The summed E-state index contributed by atoms with van der Waals surface area (Å²) in [5.41, 5.74) is 5.90. The molecule has 5 heteroatoms. The Morgan fingerprint density at radius 1 is 1.53 bits per heavy atom. The number of thiazole rings is 1. The molecular weight excluding hydrogens is 256 g/mol. The van der Waals surface area contributed by atoms with E-state index in [1.165, 1.54) is 35.4 Å². The average Bonchev–Trinajstić information content (AvgIpc) is 3.02. The van der Waals surface area contributed by atoms with Gasteiger partial charge in [0.1, 0.15) is 0 Å². The van der Waals surface area contributed by atoms with E-state index in [9.17, 15) is 0 Å². The molecular formula is C14H20N4S. The second-order valence-corrected chi connectivity index (χ2v) is 5.99. The second kappa shape index (κ2) is 5.43. The van der Waals surface area contributed by atoms with Gasteiger partial charge in [-0.05, 0) is 33.1 Å². The summed E-state index contributed by atoms with van der Waals surface area (Å²) in [7, 11) is 0. The van der Waals surface area contributed by atoms with Crippen LogP contribution in [0.4, 0.5) is 0 Å². The average molecular weight is 276 g/mol. The van der Waals surface area contributed by atoms with Crippen molar-refractivity contribution in [1.82, 2.24) is 20.1 Å². The molecule has 19 heavy (non-hydrogen) atoms. The first-order valence-electron chi connectivity index (χ1n) is 6.96.